The van der Waals surface area contributed by atoms with Gasteiger partial charge >= 0.3 is 0 Å². The highest BCUT2D eigenvalue weighted by Gasteiger charge is 2.18. The number of nitrogens with zero attached hydrogens (tertiary/aromatic N) is 1. The quantitative estimate of drug-likeness (QED) is 0.671. The van der Waals surface area contributed by atoms with Crippen LogP contribution in [0.25, 0.3) is 22.0 Å². The number of hydrogen-bond acceptors (Lipinski definition) is 3. The molecule has 4 rings (SSSR count). The topological polar surface area (TPSA) is 57.4 Å². The van der Waals surface area contributed by atoms with Crippen LogP contribution in [0.2, 0.25) is 0 Å². The van der Waals surface area contributed by atoms with E-state index in [0.717, 1.165) is 54.9 Å². The molecular formula is C24H29N3O2. The second-order valence-electron chi connectivity index (χ2n) is 7.98. The van der Waals surface area contributed by atoms with Crippen LogP contribution >= 0.6 is 0 Å². The van der Waals surface area contributed by atoms with Crippen LogP contribution in [-0.2, 0) is 4.74 Å². The van der Waals surface area contributed by atoms with Gasteiger partial charge in [0.15, 0.2) is 0 Å². The third kappa shape index (κ3) is 4.52. The van der Waals surface area contributed by atoms with Gasteiger partial charge in [0.25, 0.3) is 5.91 Å². The summed E-state index contributed by atoms with van der Waals surface area (Å²) in [6.07, 6.45) is 0. The van der Waals surface area contributed by atoms with Crippen molar-refractivity contribution in [2.75, 3.05) is 39.4 Å². The van der Waals surface area contributed by atoms with Crippen LogP contribution in [-0.4, -0.2) is 55.2 Å². The lowest BCUT2D eigenvalue weighted by Crippen LogP contribution is -2.41. The minimum atomic E-state index is -0.0335. The molecule has 0 spiro atoms. The molecule has 0 saturated carbocycles. The lowest BCUT2D eigenvalue weighted by Gasteiger charge is -2.29. The standard InChI is InChI=1S/C24H29N3O2/c1-17(16-27-10-12-29-13-11-27)15-25-24(28)23-18(2)21-14-20(8-9-22(21)26-23)19-6-4-3-5-7-19/h3-9,14,17,26H,10-13,15-16H2,1-2H3,(H,25,28). The van der Waals surface area contributed by atoms with Gasteiger partial charge in [-0.2, -0.15) is 0 Å². The molecule has 1 aromatic heterocycles. The number of aryl methyl sites for hydroxylation is 1. The summed E-state index contributed by atoms with van der Waals surface area (Å²) in [5.74, 6) is 0.361. The number of carbonyl (C=O) groups is 1. The van der Waals surface area contributed by atoms with Gasteiger partial charge < -0.3 is 15.0 Å². The Morgan fingerprint density at radius 3 is 2.66 bits per heavy atom. The average Bonchev–Trinajstić information content (AvgIpc) is 3.09. The van der Waals surface area contributed by atoms with E-state index in [1.165, 1.54) is 5.56 Å². The predicted molar refractivity (Wildman–Crippen MR) is 117 cm³/mol. The second-order valence-corrected chi connectivity index (χ2v) is 7.98. The largest absolute Gasteiger partial charge is 0.379 e. The lowest BCUT2D eigenvalue weighted by atomic mass is 10.0. The number of rotatable bonds is 6. The van der Waals surface area contributed by atoms with Crippen LogP contribution < -0.4 is 5.32 Å². The van der Waals surface area contributed by atoms with E-state index < -0.39 is 0 Å². The molecule has 5 heteroatoms. The van der Waals surface area contributed by atoms with Gasteiger partial charge in [0.2, 0.25) is 0 Å². The minimum Gasteiger partial charge on any atom is -0.379 e. The Kier molecular flexibility index (Phi) is 5.97. The normalized spacial score (nSPS) is 16.1. The minimum absolute atomic E-state index is 0.0335. The van der Waals surface area contributed by atoms with Crippen molar-refractivity contribution in [3.05, 3.63) is 59.8 Å². The maximum atomic E-state index is 12.8. The number of amides is 1. The number of aromatic nitrogens is 1. The Balaban J connectivity index is 1.44. The van der Waals surface area contributed by atoms with Gasteiger partial charge in [0, 0.05) is 37.1 Å². The van der Waals surface area contributed by atoms with Crippen LogP contribution in [0, 0.1) is 12.8 Å². The molecule has 2 heterocycles. The van der Waals surface area contributed by atoms with Crippen molar-refractivity contribution in [2.45, 2.75) is 13.8 Å². The molecule has 1 amide bonds. The fourth-order valence-electron chi connectivity index (χ4n) is 4.01. The van der Waals surface area contributed by atoms with Crippen LogP contribution in [0.1, 0.15) is 23.0 Å². The van der Waals surface area contributed by atoms with Crippen molar-refractivity contribution < 1.29 is 9.53 Å². The molecule has 0 aliphatic carbocycles. The highest BCUT2D eigenvalue weighted by atomic mass is 16.5. The molecule has 1 saturated heterocycles. The average molecular weight is 392 g/mol. The first-order valence-electron chi connectivity index (χ1n) is 10.4. The first-order valence-corrected chi connectivity index (χ1v) is 10.4. The van der Waals surface area contributed by atoms with Crippen molar-refractivity contribution in [3.63, 3.8) is 0 Å². The summed E-state index contributed by atoms with van der Waals surface area (Å²) in [5, 5.41) is 4.20. The number of H-pyrrole nitrogens is 1. The fraction of sp³-hybridized carbons (Fsp3) is 0.375. The highest BCUT2D eigenvalue weighted by molar-refractivity contribution is 6.01. The molecule has 1 atom stereocenters. The van der Waals surface area contributed by atoms with E-state index in [4.69, 9.17) is 4.74 Å². The zero-order valence-corrected chi connectivity index (χ0v) is 17.2. The summed E-state index contributed by atoms with van der Waals surface area (Å²) in [6, 6.07) is 16.6. The van der Waals surface area contributed by atoms with E-state index in [-0.39, 0.29) is 5.91 Å². The van der Waals surface area contributed by atoms with Crippen molar-refractivity contribution in [1.82, 2.24) is 15.2 Å². The zero-order chi connectivity index (χ0) is 20.2. The van der Waals surface area contributed by atoms with Crippen LogP contribution in [0.5, 0.6) is 0 Å². The van der Waals surface area contributed by atoms with Crippen LogP contribution in [0.3, 0.4) is 0 Å². The van der Waals surface area contributed by atoms with Crippen molar-refractivity contribution in [1.29, 1.82) is 0 Å². The first-order chi connectivity index (χ1) is 14.1. The molecule has 0 bridgehead atoms. The summed E-state index contributed by atoms with van der Waals surface area (Å²) in [6.45, 7) is 9.40. The molecular weight excluding hydrogens is 362 g/mol. The monoisotopic (exact) mass is 391 g/mol. The maximum absolute atomic E-state index is 12.8. The van der Waals surface area contributed by atoms with E-state index in [1.54, 1.807) is 0 Å². The van der Waals surface area contributed by atoms with Gasteiger partial charge in [-0.15, -0.1) is 0 Å². The molecule has 29 heavy (non-hydrogen) atoms. The molecule has 1 fully saturated rings. The first kappa shape index (κ1) is 19.7. The number of ether oxygens (including phenoxy) is 1. The Morgan fingerprint density at radius 2 is 1.90 bits per heavy atom. The summed E-state index contributed by atoms with van der Waals surface area (Å²) in [7, 11) is 0. The third-order valence-corrected chi connectivity index (χ3v) is 5.68. The summed E-state index contributed by atoms with van der Waals surface area (Å²) in [5.41, 5.74) is 4.98. The van der Waals surface area contributed by atoms with Crippen molar-refractivity contribution in [2.24, 2.45) is 5.92 Å². The smallest absolute Gasteiger partial charge is 0.268 e. The third-order valence-electron chi connectivity index (χ3n) is 5.68. The molecule has 152 valence electrons. The Morgan fingerprint density at radius 1 is 1.14 bits per heavy atom. The predicted octanol–water partition coefficient (Wildman–Crippen LogP) is 3.84. The van der Waals surface area contributed by atoms with Gasteiger partial charge in [0.05, 0.1) is 13.2 Å². The van der Waals surface area contributed by atoms with Gasteiger partial charge in [-0.25, -0.2) is 0 Å². The van der Waals surface area contributed by atoms with Crippen LogP contribution in [0.15, 0.2) is 48.5 Å². The SMILES string of the molecule is Cc1c(C(=O)NCC(C)CN2CCOCC2)[nH]c2ccc(-c3ccccc3)cc12. The number of morpholine rings is 1. The molecule has 1 unspecified atom stereocenters. The molecule has 1 aliphatic rings. The van der Waals surface area contributed by atoms with E-state index in [1.807, 2.05) is 25.1 Å². The Labute approximate surface area is 172 Å². The van der Waals surface area contributed by atoms with E-state index in [2.05, 4.69) is 52.5 Å². The lowest BCUT2D eigenvalue weighted by molar-refractivity contribution is 0.0317. The van der Waals surface area contributed by atoms with E-state index in [9.17, 15) is 4.79 Å². The van der Waals surface area contributed by atoms with E-state index >= 15 is 0 Å². The summed E-state index contributed by atoms with van der Waals surface area (Å²) in [4.78, 5) is 18.5. The van der Waals surface area contributed by atoms with Gasteiger partial charge in [-0.05, 0) is 41.7 Å². The second kappa shape index (κ2) is 8.80. The number of carbonyl (C=O) groups excluding carboxylic acids is 1. The van der Waals surface area contributed by atoms with Crippen LogP contribution in [0.4, 0.5) is 0 Å². The number of benzene rings is 2. The number of nitrogens with one attached hydrogen (secondary N) is 2. The maximum Gasteiger partial charge on any atom is 0.268 e. The molecule has 5 nitrogen and oxygen atoms in total. The number of hydrogen-bond donors (Lipinski definition) is 2. The summed E-state index contributed by atoms with van der Waals surface area (Å²) >= 11 is 0. The zero-order valence-electron chi connectivity index (χ0n) is 17.2. The van der Waals surface area contributed by atoms with Crippen molar-refractivity contribution in [3.8, 4) is 11.1 Å². The van der Waals surface area contributed by atoms with Gasteiger partial charge in [0.1, 0.15) is 5.69 Å². The Hall–Kier alpha value is -2.63. The highest BCUT2D eigenvalue weighted by Crippen LogP contribution is 2.28. The number of fused-ring (bicyclic) bond motifs is 1. The molecule has 3 aromatic rings. The molecule has 2 aromatic carbocycles. The number of aromatic amines is 1. The summed E-state index contributed by atoms with van der Waals surface area (Å²) < 4.78 is 5.40. The van der Waals surface area contributed by atoms with Gasteiger partial charge in [-0.1, -0.05) is 43.3 Å². The molecule has 2 N–H and O–H groups in total. The Bertz CT molecular complexity index is 974. The fourth-order valence-corrected chi connectivity index (χ4v) is 4.01. The molecule has 0 radical (unpaired) electrons. The molecule has 1 aliphatic heterocycles. The van der Waals surface area contributed by atoms with Crippen molar-refractivity contribution >= 4 is 16.8 Å². The van der Waals surface area contributed by atoms with E-state index in [0.29, 0.717) is 18.2 Å². The van der Waals surface area contributed by atoms with Gasteiger partial charge in [-0.3, -0.25) is 9.69 Å².